The summed E-state index contributed by atoms with van der Waals surface area (Å²) in [6.07, 6.45) is 63.7. The van der Waals surface area contributed by atoms with Gasteiger partial charge in [0.05, 0.1) is 40.3 Å². The molecule has 9 nitrogen and oxygen atoms in total. The molecule has 0 spiro atoms. The predicted octanol–water partition coefficient (Wildman–Crippen LogP) is 16.7. The van der Waals surface area contributed by atoms with Crippen LogP contribution in [0.15, 0.2) is 36.5 Å². The molecule has 0 aromatic rings. The van der Waals surface area contributed by atoms with Crippen LogP contribution in [0.5, 0.6) is 0 Å². The van der Waals surface area contributed by atoms with Crippen molar-refractivity contribution < 1.29 is 42.9 Å². The average molecular weight is 1020 g/mol. The first-order valence-corrected chi connectivity index (χ1v) is 30.6. The van der Waals surface area contributed by atoms with Crippen molar-refractivity contribution in [3.05, 3.63) is 36.5 Å². The van der Waals surface area contributed by atoms with Gasteiger partial charge in [0, 0.05) is 12.8 Å². The summed E-state index contributed by atoms with van der Waals surface area (Å²) < 4.78 is 22.7. The molecule has 2 atom stereocenters. The van der Waals surface area contributed by atoms with E-state index in [9.17, 15) is 19.5 Å². The Morgan fingerprint density at radius 2 is 0.792 bits per heavy atom. The molecule has 0 aliphatic heterocycles. The van der Waals surface area contributed by atoms with Gasteiger partial charge in [-0.3, -0.25) is 9.59 Å². The third kappa shape index (κ3) is 55.3. The topological polar surface area (TPSA) is 111 Å². The zero-order chi connectivity index (χ0) is 52.7. The molecule has 0 saturated heterocycles. The van der Waals surface area contributed by atoms with Crippen LogP contribution in [0.1, 0.15) is 290 Å². The molecule has 2 unspecified atom stereocenters. The lowest BCUT2D eigenvalue weighted by Crippen LogP contribution is -2.44. The quantitative estimate of drug-likeness (QED) is 0.0195. The minimum absolute atomic E-state index is 0.145. The highest BCUT2D eigenvalue weighted by molar-refractivity contribution is 5.70. The number of allylic oxidation sites excluding steroid dienone is 6. The maximum atomic E-state index is 12.8. The normalized spacial score (nSPS) is 13.0. The van der Waals surface area contributed by atoms with Gasteiger partial charge in [-0.05, 0) is 44.9 Å². The molecule has 0 saturated carbocycles. The fraction of sp³-hybridized carbons (Fsp3) is 0.857. The number of carbonyl (C=O) groups excluding carboxylic acids is 3. The number of esters is 2. The summed E-state index contributed by atoms with van der Waals surface area (Å²) >= 11 is 0. The van der Waals surface area contributed by atoms with Crippen molar-refractivity contribution in [3.8, 4) is 0 Å². The van der Waals surface area contributed by atoms with E-state index in [1.807, 2.05) is 21.1 Å². The van der Waals surface area contributed by atoms with Gasteiger partial charge in [0.1, 0.15) is 13.2 Å². The number of likely N-dealkylation sites (N-methyl/N-ethyl adjacent to an activating group) is 1. The van der Waals surface area contributed by atoms with Crippen LogP contribution >= 0.6 is 0 Å². The average Bonchev–Trinajstić information content (AvgIpc) is 3.35. The van der Waals surface area contributed by atoms with Crippen molar-refractivity contribution in [1.29, 1.82) is 0 Å². The SMILES string of the molecule is CC/C=C\C/C=C\C/C=C\CCCCCCCC(=O)OC(COC(=O)CCCCCCCCCCCCCCCCCCCCCCCCCCCCCCCCCC)COC(OCC[N+](C)(C)C)C(=O)[O-]. The van der Waals surface area contributed by atoms with Crippen molar-refractivity contribution in [2.24, 2.45) is 0 Å². The van der Waals surface area contributed by atoms with Crippen LogP contribution in [0.4, 0.5) is 0 Å². The van der Waals surface area contributed by atoms with Gasteiger partial charge in [0.2, 0.25) is 0 Å². The molecule has 0 aliphatic rings. The van der Waals surface area contributed by atoms with E-state index < -0.39 is 24.3 Å². The maximum Gasteiger partial charge on any atom is 0.306 e. The van der Waals surface area contributed by atoms with Crippen LogP contribution in [0.2, 0.25) is 0 Å². The molecule has 0 amide bonds. The highest BCUT2D eigenvalue weighted by Crippen LogP contribution is 2.18. The standard InChI is InChI=1S/C63H117NO8/c1-6-8-10-12-14-16-18-20-22-23-24-25-26-27-28-29-30-31-32-33-34-35-36-37-38-40-41-43-45-47-49-51-53-60(65)70-57-59(58-71-63(62(67)68)69-56-55-64(3,4)5)72-61(66)54-52-50-48-46-44-42-39-21-19-17-15-13-11-9-7-2/h9,11,15,17,21,39,59,63H,6-8,10,12-14,16,18-20,22-38,40-58H2,1-5H3/b11-9-,17-15-,39-21-. The van der Waals surface area contributed by atoms with Crippen LogP contribution in [0.25, 0.3) is 0 Å². The van der Waals surface area contributed by atoms with Crippen molar-refractivity contribution in [3.63, 3.8) is 0 Å². The van der Waals surface area contributed by atoms with Crippen LogP contribution in [0, 0.1) is 0 Å². The van der Waals surface area contributed by atoms with Crippen molar-refractivity contribution in [2.45, 2.75) is 302 Å². The highest BCUT2D eigenvalue weighted by Gasteiger charge is 2.22. The fourth-order valence-electron chi connectivity index (χ4n) is 8.97. The van der Waals surface area contributed by atoms with Gasteiger partial charge in [-0.25, -0.2) is 0 Å². The van der Waals surface area contributed by atoms with Crippen molar-refractivity contribution in [2.75, 3.05) is 47.5 Å². The van der Waals surface area contributed by atoms with E-state index >= 15 is 0 Å². The summed E-state index contributed by atoms with van der Waals surface area (Å²) in [6, 6.07) is 0. The van der Waals surface area contributed by atoms with Crippen LogP contribution in [0.3, 0.4) is 0 Å². The summed E-state index contributed by atoms with van der Waals surface area (Å²) in [5, 5.41) is 11.8. The Hall–Kier alpha value is -2.49. The van der Waals surface area contributed by atoms with E-state index in [2.05, 4.69) is 50.3 Å². The minimum atomic E-state index is -1.62. The van der Waals surface area contributed by atoms with Crippen LogP contribution < -0.4 is 5.11 Å². The number of carboxylic acids is 1. The Balaban J connectivity index is 4.04. The third-order valence-corrected chi connectivity index (χ3v) is 13.7. The number of carboxylic acid groups (broad SMARTS) is 1. The second kappa shape index (κ2) is 54.8. The molecule has 0 rings (SSSR count). The van der Waals surface area contributed by atoms with E-state index in [-0.39, 0.29) is 32.2 Å². The lowest BCUT2D eigenvalue weighted by Gasteiger charge is -2.26. The molecule has 0 fully saturated rings. The zero-order valence-corrected chi connectivity index (χ0v) is 48.1. The van der Waals surface area contributed by atoms with Crippen LogP contribution in [-0.4, -0.2) is 82.3 Å². The monoisotopic (exact) mass is 1020 g/mol. The largest absolute Gasteiger partial charge is 0.545 e. The Labute approximate surface area is 445 Å². The molecule has 0 aliphatic carbocycles. The first kappa shape index (κ1) is 69.5. The number of carbonyl (C=O) groups is 3. The van der Waals surface area contributed by atoms with Crippen molar-refractivity contribution >= 4 is 17.9 Å². The van der Waals surface area contributed by atoms with E-state index in [1.54, 1.807) is 0 Å². The van der Waals surface area contributed by atoms with E-state index in [1.165, 1.54) is 186 Å². The maximum absolute atomic E-state index is 12.8. The first-order valence-electron chi connectivity index (χ1n) is 30.6. The summed E-state index contributed by atoms with van der Waals surface area (Å²) in [4.78, 5) is 37.2. The molecule has 0 bridgehead atoms. The fourth-order valence-corrected chi connectivity index (χ4v) is 8.97. The lowest BCUT2D eigenvalue weighted by atomic mass is 10.0. The number of hydrogen-bond acceptors (Lipinski definition) is 8. The van der Waals surface area contributed by atoms with Crippen LogP contribution in [-0.2, 0) is 33.3 Å². The van der Waals surface area contributed by atoms with Gasteiger partial charge >= 0.3 is 11.9 Å². The summed E-state index contributed by atoms with van der Waals surface area (Å²) in [7, 11) is 5.92. The van der Waals surface area contributed by atoms with E-state index in [4.69, 9.17) is 18.9 Å². The Morgan fingerprint density at radius 1 is 0.431 bits per heavy atom. The van der Waals surface area contributed by atoms with E-state index in [0.29, 0.717) is 23.9 Å². The molecule has 422 valence electrons. The number of quaternary nitrogens is 1. The molecular formula is C63H117NO8. The first-order chi connectivity index (χ1) is 35.1. The summed E-state index contributed by atoms with van der Waals surface area (Å²) in [5.41, 5.74) is 0. The number of unbranched alkanes of at least 4 members (excludes halogenated alkanes) is 36. The number of nitrogens with zero attached hydrogens (tertiary/aromatic N) is 1. The van der Waals surface area contributed by atoms with Gasteiger partial charge in [0.25, 0.3) is 0 Å². The van der Waals surface area contributed by atoms with Crippen molar-refractivity contribution in [1.82, 2.24) is 0 Å². The van der Waals surface area contributed by atoms with Gasteiger partial charge in [-0.2, -0.15) is 0 Å². The summed E-state index contributed by atoms with van der Waals surface area (Å²) in [6.45, 7) is 4.65. The number of aliphatic carboxylic acids is 1. The van der Waals surface area contributed by atoms with E-state index in [0.717, 1.165) is 70.6 Å². The second-order valence-electron chi connectivity index (χ2n) is 22.0. The van der Waals surface area contributed by atoms with Gasteiger partial charge < -0.3 is 33.3 Å². The number of hydrogen-bond donors (Lipinski definition) is 0. The second-order valence-corrected chi connectivity index (χ2v) is 22.0. The Kier molecular flexibility index (Phi) is 52.9. The predicted molar refractivity (Wildman–Crippen MR) is 302 cm³/mol. The Morgan fingerprint density at radius 3 is 1.18 bits per heavy atom. The molecule has 9 heteroatoms. The Bertz CT molecular complexity index is 1270. The third-order valence-electron chi connectivity index (χ3n) is 13.7. The molecule has 0 radical (unpaired) electrons. The molecular weight excluding hydrogens is 899 g/mol. The molecule has 72 heavy (non-hydrogen) atoms. The molecule has 0 heterocycles. The lowest BCUT2D eigenvalue weighted by molar-refractivity contribution is -0.870. The summed E-state index contributed by atoms with van der Waals surface area (Å²) in [5.74, 6) is -2.29. The number of rotatable bonds is 57. The smallest absolute Gasteiger partial charge is 0.306 e. The molecule has 0 aromatic carbocycles. The molecule has 0 aromatic heterocycles. The van der Waals surface area contributed by atoms with Gasteiger partial charge in [-0.1, -0.05) is 269 Å². The molecule has 0 N–H and O–H groups in total. The zero-order valence-electron chi connectivity index (χ0n) is 48.1. The number of ether oxygens (including phenoxy) is 4. The van der Waals surface area contributed by atoms with Gasteiger partial charge in [-0.15, -0.1) is 0 Å². The van der Waals surface area contributed by atoms with Gasteiger partial charge in [0.15, 0.2) is 12.4 Å². The highest BCUT2D eigenvalue weighted by atomic mass is 16.7. The minimum Gasteiger partial charge on any atom is -0.545 e.